The second-order valence-corrected chi connectivity index (χ2v) is 6.78. The summed E-state index contributed by atoms with van der Waals surface area (Å²) < 4.78 is 8.10. The molecule has 0 unspecified atom stereocenters. The number of amides is 1. The summed E-state index contributed by atoms with van der Waals surface area (Å²) >= 11 is 0. The van der Waals surface area contributed by atoms with E-state index in [9.17, 15) is 14.4 Å². The largest absolute Gasteiger partial charge is 0.448 e. The summed E-state index contributed by atoms with van der Waals surface area (Å²) in [6.45, 7) is 5.48. The van der Waals surface area contributed by atoms with Gasteiger partial charge in [0.15, 0.2) is 11.8 Å². The van der Waals surface area contributed by atoms with Gasteiger partial charge in [0.05, 0.1) is 17.6 Å². The molecule has 1 amide bonds. The van der Waals surface area contributed by atoms with Crippen molar-refractivity contribution in [2.24, 2.45) is 7.05 Å². The highest BCUT2D eigenvalue weighted by Gasteiger charge is 2.24. The molecule has 1 N–H and O–H groups in total. The van der Waals surface area contributed by atoms with Crippen molar-refractivity contribution >= 4 is 28.5 Å². The molecule has 1 aromatic carbocycles. The smallest absolute Gasteiger partial charge is 0.360 e. The number of aryl methyl sites for hydroxylation is 1. The minimum absolute atomic E-state index is 0.0213. The second kappa shape index (κ2) is 8.26. The number of aromatic nitrogens is 4. The molecule has 0 aliphatic rings. The van der Waals surface area contributed by atoms with Crippen LogP contribution in [0.15, 0.2) is 41.3 Å². The van der Waals surface area contributed by atoms with Gasteiger partial charge in [-0.05, 0) is 26.3 Å². The van der Waals surface area contributed by atoms with E-state index < -0.39 is 18.0 Å². The molecule has 152 valence electrons. The predicted molar refractivity (Wildman–Crippen MR) is 108 cm³/mol. The predicted octanol–water partition coefficient (Wildman–Crippen LogP) is 2.28. The lowest BCUT2D eigenvalue weighted by atomic mass is 10.1. The van der Waals surface area contributed by atoms with Gasteiger partial charge in [0.2, 0.25) is 0 Å². The molecule has 0 saturated heterocycles. The van der Waals surface area contributed by atoms with Gasteiger partial charge >= 0.3 is 5.97 Å². The Morgan fingerprint density at radius 3 is 2.55 bits per heavy atom. The van der Waals surface area contributed by atoms with E-state index in [1.165, 1.54) is 14.0 Å². The molecular weight excluding hydrogens is 374 g/mol. The van der Waals surface area contributed by atoms with Gasteiger partial charge in [-0.3, -0.25) is 9.59 Å². The summed E-state index contributed by atoms with van der Waals surface area (Å²) in [6, 6.07) is 8.43. The van der Waals surface area contributed by atoms with Gasteiger partial charge in [-0.2, -0.15) is 10.2 Å². The lowest BCUT2D eigenvalue weighted by molar-refractivity contribution is -0.123. The molecule has 3 aromatic rings. The van der Waals surface area contributed by atoms with E-state index in [-0.39, 0.29) is 17.3 Å². The molecule has 0 bridgehead atoms. The van der Waals surface area contributed by atoms with Crippen molar-refractivity contribution in [2.75, 3.05) is 5.32 Å². The van der Waals surface area contributed by atoms with Crippen LogP contribution < -0.4 is 10.9 Å². The Kier molecular flexibility index (Phi) is 5.76. The molecule has 29 heavy (non-hydrogen) atoms. The average molecular weight is 397 g/mol. The van der Waals surface area contributed by atoms with Crippen LogP contribution in [-0.4, -0.2) is 37.5 Å². The first-order valence-corrected chi connectivity index (χ1v) is 9.34. The fraction of sp³-hybridized carbons (Fsp3) is 0.350. The molecule has 2 atom stereocenters. The number of benzene rings is 1. The van der Waals surface area contributed by atoms with Crippen molar-refractivity contribution in [3.8, 4) is 0 Å². The fourth-order valence-electron chi connectivity index (χ4n) is 2.89. The van der Waals surface area contributed by atoms with Crippen LogP contribution in [0.4, 0.5) is 5.82 Å². The summed E-state index contributed by atoms with van der Waals surface area (Å²) in [4.78, 5) is 37.4. The third kappa shape index (κ3) is 4.03. The molecule has 0 radical (unpaired) electrons. The van der Waals surface area contributed by atoms with Gasteiger partial charge in [0.1, 0.15) is 5.82 Å². The number of fused-ring (bicyclic) bond motifs is 1. The summed E-state index contributed by atoms with van der Waals surface area (Å²) in [5.74, 6) is -0.745. The third-order valence-electron chi connectivity index (χ3n) is 4.73. The molecule has 0 spiro atoms. The van der Waals surface area contributed by atoms with Crippen molar-refractivity contribution in [3.63, 3.8) is 0 Å². The van der Waals surface area contributed by atoms with Crippen molar-refractivity contribution in [1.82, 2.24) is 19.6 Å². The van der Waals surface area contributed by atoms with Crippen LogP contribution in [0.2, 0.25) is 0 Å². The highest BCUT2D eigenvalue weighted by molar-refractivity contribution is 6.03. The summed E-state index contributed by atoms with van der Waals surface area (Å²) in [5.41, 5.74) is -0.340. The summed E-state index contributed by atoms with van der Waals surface area (Å²) in [7, 11) is 1.46. The molecule has 2 heterocycles. The Balaban J connectivity index is 1.79. The molecular formula is C20H23N5O4. The SMILES string of the molecule is CC[C@@H](C)n1nccc1NC(=O)[C@H](C)OC(=O)c1nn(C)c(=O)c2ccccc12. The zero-order chi connectivity index (χ0) is 21.1. The number of hydrogen-bond donors (Lipinski definition) is 1. The first-order valence-electron chi connectivity index (χ1n) is 9.34. The molecule has 0 fully saturated rings. The van der Waals surface area contributed by atoms with Crippen LogP contribution in [0, 0.1) is 0 Å². The maximum absolute atomic E-state index is 12.7. The molecule has 0 saturated carbocycles. The number of hydrogen-bond acceptors (Lipinski definition) is 6. The minimum atomic E-state index is -1.07. The lowest BCUT2D eigenvalue weighted by Gasteiger charge is -2.17. The van der Waals surface area contributed by atoms with Crippen LogP contribution in [-0.2, 0) is 16.6 Å². The highest BCUT2D eigenvalue weighted by Crippen LogP contribution is 2.18. The molecule has 2 aromatic heterocycles. The zero-order valence-corrected chi connectivity index (χ0v) is 16.7. The third-order valence-corrected chi connectivity index (χ3v) is 4.73. The first-order chi connectivity index (χ1) is 13.8. The van der Waals surface area contributed by atoms with Crippen molar-refractivity contribution in [1.29, 1.82) is 0 Å². The number of ether oxygens (including phenoxy) is 1. The number of anilines is 1. The molecule has 0 aliphatic heterocycles. The van der Waals surface area contributed by atoms with Gasteiger partial charge in [0, 0.05) is 18.5 Å². The monoisotopic (exact) mass is 397 g/mol. The maximum atomic E-state index is 12.7. The van der Waals surface area contributed by atoms with Crippen LogP contribution in [0.1, 0.15) is 43.7 Å². The molecule has 9 nitrogen and oxygen atoms in total. The Morgan fingerprint density at radius 1 is 1.17 bits per heavy atom. The number of nitrogens with zero attached hydrogens (tertiary/aromatic N) is 4. The van der Waals surface area contributed by atoms with E-state index in [1.54, 1.807) is 41.2 Å². The number of carbonyl (C=O) groups excluding carboxylic acids is 2. The van der Waals surface area contributed by atoms with Gasteiger partial charge in [-0.25, -0.2) is 14.2 Å². The van der Waals surface area contributed by atoms with E-state index in [1.807, 2.05) is 13.8 Å². The standard InChI is InChI=1S/C20H23N5O4/c1-5-12(2)25-16(10-11-21-25)22-18(26)13(3)29-20(28)17-14-8-6-7-9-15(14)19(27)24(4)23-17/h6-13H,5H2,1-4H3,(H,22,26)/t12-,13+/m1/s1. The average Bonchev–Trinajstić information content (AvgIpc) is 3.18. The number of rotatable bonds is 6. The quantitative estimate of drug-likeness (QED) is 0.640. The fourth-order valence-corrected chi connectivity index (χ4v) is 2.89. The molecule has 3 rings (SSSR count). The van der Waals surface area contributed by atoms with Crippen molar-refractivity contribution in [2.45, 2.75) is 39.3 Å². The topological polar surface area (TPSA) is 108 Å². The van der Waals surface area contributed by atoms with Crippen LogP contribution >= 0.6 is 0 Å². The lowest BCUT2D eigenvalue weighted by Crippen LogP contribution is -2.32. The van der Waals surface area contributed by atoms with Gasteiger partial charge < -0.3 is 10.1 Å². The number of nitrogens with one attached hydrogen (secondary N) is 1. The number of esters is 1. The van der Waals surface area contributed by atoms with Crippen molar-refractivity contribution in [3.05, 3.63) is 52.6 Å². The van der Waals surface area contributed by atoms with Crippen molar-refractivity contribution < 1.29 is 14.3 Å². The van der Waals surface area contributed by atoms with Crippen LogP contribution in [0.5, 0.6) is 0 Å². The molecule has 0 aliphatic carbocycles. The summed E-state index contributed by atoms with van der Waals surface area (Å²) in [5, 5.41) is 11.7. The minimum Gasteiger partial charge on any atom is -0.448 e. The first kappa shape index (κ1) is 20.2. The molecule has 9 heteroatoms. The van der Waals surface area contributed by atoms with E-state index in [0.717, 1.165) is 11.1 Å². The van der Waals surface area contributed by atoms with E-state index in [2.05, 4.69) is 15.5 Å². The van der Waals surface area contributed by atoms with E-state index >= 15 is 0 Å². The normalized spacial score (nSPS) is 13.1. The van der Waals surface area contributed by atoms with Crippen LogP contribution in [0.25, 0.3) is 10.8 Å². The Bertz CT molecular complexity index is 1120. The zero-order valence-electron chi connectivity index (χ0n) is 16.7. The number of carbonyl (C=O) groups is 2. The van der Waals surface area contributed by atoms with E-state index in [4.69, 9.17) is 4.74 Å². The Morgan fingerprint density at radius 2 is 1.86 bits per heavy atom. The van der Waals surface area contributed by atoms with E-state index in [0.29, 0.717) is 16.6 Å². The Labute approximate surface area is 167 Å². The Hall–Kier alpha value is -3.49. The van der Waals surface area contributed by atoms with Gasteiger partial charge in [0.25, 0.3) is 11.5 Å². The summed E-state index contributed by atoms with van der Waals surface area (Å²) in [6.07, 6.45) is 1.38. The maximum Gasteiger partial charge on any atom is 0.360 e. The van der Waals surface area contributed by atoms with Gasteiger partial charge in [-0.15, -0.1) is 0 Å². The highest BCUT2D eigenvalue weighted by atomic mass is 16.5. The second-order valence-electron chi connectivity index (χ2n) is 6.78. The van der Waals surface area contributed by atoms with Gasteiger partial charge in [-0.1, -0.05) is 25.1 Å². The van der Waals surface area contributed by atoms with Crippen LogP contribution in [0.3, 0.4) is 0 Å².